The summed E-state index contributed by atoms with van der Waals surface area (Å²) in [4.78, 5) is 28.5. The van der Waals surface area contributed by atoms with Crippen LogP contribution in [0.25, 0.3) is 0 Å². The average Bonchev–Trinajstić information content (AvgIpc) is 2.98. The lowest BCUT2D eigenvalue weighted by atomic mass is 9.90. The van der Waals surface area contributed by atoms with Crippen molar-refractivity contribution in [1.29, 1.82) is 0 Å². The molecule has 0 spiro atoms. The molecule has 126 valence electrons. The predicted molar refractivity (Wildman–Crippen MR) is 91.4 cm³/mol. The van der Waals surface area contributed by atoms with Gasteiger partial charge in [0.15, 0.2) is 0 Å². The Balaban J connectivity index is 2.08. The molecule has 1 aromatic carbocycles. The van der Waals surface area contributed by atoms with Crippen LogP contribution in [-0.2, 0) is 0 Å². The zero-order chi connectivity index (χ0) is 17.0. The van der Waals surface area contributed by atoms with E-state index < -0.39 is 0 Å². The molecule has 0 bridgehead atoms. The predicted octanol–water partition coefficient (Wildman–Crippen LogP) is 1.98. The summed E-state index contributed by atoms with van der Waals surface area (Å²) in [5.74, 6) is 0.0230. The van der Waals surface area contributed by atoms with Crippen LogP contribution in [0.15, 0.2) is 24.3 Å². The summed E-state index contributed by atoms with van der Waals surface area (Å²) < 4.78 is 0. The third kappa shape index (κ3) is 3.72. The van der Waals surface area contributed by atoms with E-state index in [1.165, 1.54) is 0 Å². The van der Waals surface area contributed by atoms with E-state index in [2.05, 4.69) is 6.92 Å². The Morgan fingerprint density at radius 1 is 1.17 bits per heavy atom. The highest BCUT2D eigenvalue weighted by Crippen LogP contribution is 2.29. The van der Waals surface area contributed by atoms with Crippen molar-refractivity contribution < 1.29 is 9.59 Å². The summed E-state index contributed by atoms with van der Waals surface area (Å²) >= 11 is 0. The minimum absolute atomic E-state index is 0.00544. The summed E-state index contributed by atoms with van der Waals surface area (Å²) in [5.41, 5.74) is 7.07. The van der Waals surface area contributed by atoms with Crippen LogP contribution in [0.1, 0.15) is 47.9 Å². The Kier molecular flexibility index (Phi) is 5.42. The molecule has 1 aromatic rings. The van der Waals surface area contributed by atoms with E-state index in [0.717, 1.165) is 13.0 Å². The van der Waals surface area contributed by atoms with Gasteiger partial charge < -0.3 is 15.5 Å². The molecule has 5 heteroatoms. The van der Waals surface area contributed by atoms with Crippen molar-refractivity contribution in [3.05, 3.63) is 35.4 Å². The molecule has 0 aromatic heterocycles. The fraction of sp³-hybridized carbons (Fsp3) is 0.556. The Hall–Kier alpha value is -1.88. The lowest BCUT2D eigenvalue weighted by Gasteiger charge is -2.22. The standard InChI is InChI=1S/C18H27N3O2/c1-4-20(5-2)16(22)14-6-8-15(9-7-14)17(23)21-11-10-18(3,12-19)13-21/h6-9H,4-5,10-13,19H2,1-3H3. The number of carbonyl (C=O) groups is 2. The molecule has 23 heavy (non-hydrogen) atoms. The molecule has 2 amide bonds. The first-order valence-corrected chi connectivity index (χ1v) is 8.32. The van der Waals surface area contributed by atoms with E-state index in [-0.39, 0.29) is 17.2 Å². The van der Waals surface area contributed by atoms with Gasteiger partial charge in [-0.1, -0.05) is 6.92 Å². The molecule has 1 unspecified atom stereocenters. The molecule has 1 heterocycles. The van der Waals surface area contributed by atoms with Crippen molar-refractivity contribution in [3.8, 4) is 0 Å². The highest BCUT2D eigenvalue weighted by atomic mass is 16.2. The van der Waals surface area contributed by atoms with Crippen molar-refractivity contribution >= 4 is 11.8 Å². The molecule has 1 saturated heterocycles. The van der Waals surface area contributed by atoms with Gasteiger partial charge in [0.2, 0.25) is 0 Å². The van der Waals surface area contributed by atoms with Gasteiger partial charge in [-0.2, -0.15) is 0 Å². The van der Waals surface area contributed by atoms with Gasteiger partial charge in [0, 0.05) is 37.3 Å². The lowest BCUT2D eigenvalue weighted by Crippen LogP contribution is -2.34. The molecule has 0 saturated carbocycles. The first-order valence-electron chi connectivity index (χ1n) is 8.32. The number of amides is 2. The molecule has 2 rings (SSSR count). The summed E-state index contributed by atoms with van der Waals surface area (Å²) in [6.07, 6.45) is 0.938. The van der Waals surface area contributed by atoms with Crippen molar-refractivity contribution in [2.24, 2.45) is 11.1 Å². The first kappa shape index (κ1) is 17.5. The van der Waals surface area contributed by atoms with E-state index >= 15 is 0 Å². The molecular weight excluding hydrogens is 290 g/mol. The number of likely N-dealkylation sites (tertiary alicyclic amines) is 1. The number of hydrogen-bond donors (Lipinski definition) is 1. The molecule has 1 aliphatic heterocycles. The van der Waals surface area contributed by atoms with Crippen molar-refractivity contribution in [2.45, 2.75) is 27.2 Å². The molecule has 5 nitrogen and oxygen atoms in total. The number of hydrogen-bond acceptors (Lipinski definition) is 3. The van der Waals surface area contributed by atoms with Gasteiger partial charge in [-0.15, -0.1) is 0 Å². The van der Waals surface area contributed by atoms with Gasteiger partial charge in [0.05, 0.1) is 0 Å². The van der Waals surface area contributed by atoms with E-state index in [1.54, 1.807) is 29.2 Å². The average molecular weight is 317 g/mol. The van der Waals surface area contributed by atoms with Crippen LogP contribution in [0.3, 0.4) is 0 Å². The molecule has 0 aliphatic carbocycles. The van der Waals surface area contributed by atoms with Gasteiger partial charge in [0.25, 0.3) is 11.8 Å². The highest BCUT2D eigenvalue weighted by Gasteiger charge is 2.35. The van der Waals surface area contributed by atoms with E-state index in [0.29, 0.717) is 37.3 Å². The minimum atomic E-state index is 0.00544. The third-order valence-corrected chi connectivity index (χ3v) is 4.77. The molecule has 0 radical (unpaired) electrons. The summed E-state index contributed by atoms with van der Waals surface area (Å²) in [6.45, 7) is 9.43. The maximum absolute atomic E-state index is 12.6. The quantitative estimate of drug-likeness (QED) is 0.903. The van der Waals surface area contributed by atoms with Crippen molar-refractivity contribution in [3.63, 3.8) is 0 Å². The van der Waals surface area contributed by atoms with Gasteiger partial charge in [-0.3, -0.25) is 9.59 Å². The van der Waals surface area contributed by atoms with E-state index in [4.69, 9.17) is 5.73 Å². The summed E-state index contributed by atoms with van der Waals surface area (Å²) in [5, 5.41) is 0. The van der Waals surface area contributed by atoms with Gasteiger partial charge >= 0.3 is 0 Å². The largest absolute Gasteiger partial charge is 0.339 e. The van der Waals surface area contributed by atoms with Crippen LogP contribution in [-0.4, -0.2) is 54.3 Å². The lowest BCUT2D eigenvalue weighted by molar-refractivity contribution is 0.0763. The van der Waals surface area contributed by atoms with Gasteiger partial charge in [-0.05, 0) is 56.5 Å². The number of nitrogens with two attached hydrogens (primary N) is 1. The fourth-order valence-electron chi connectivity index (χ4n) is 3.00. The maximum atomic E-state index is 12.6. The monoisotopic (exact) mass is 317 g/mol. The van der Waals surface area contributed by atoms with E-state index in [1.807, 2.05) is 18.7 Å². The zero-order valence-electron chi connectivity index (χ0n) is 14.3. The van der Waals surface area contributed by atoms with Gasteiger partial charge in [0.1, 0.15) is 0 Å². The maximum Gasteiger partial charge on any atom is 0.253 e. The van der Waals surface area contributed by atoms with Crippen molar-refractivity contribution in [1.82, 2.24) is 9.80 Å². The SMILES string of the molecule is CCN(CC)C(=O)c1ccc(C(=O)N2CCC(C)(CN)C2)cc1. The Morgan fingerprint density at radius 3 is 2.22 bits per heavy atom. The Bertz CT molecular complexity index is 566. The first-order chi connectivity index (χ1) is 10.9. The smallest absolute Gasteiger partial charge is 0.253 e. The second-order valence-corrected chi connectivity index (χ2v) is 6.55. The topological polar surface area (TPSA) is 66.6 Å². The molecular formula is C18H27N3O2. The minimum Gasteiger partial charge on any atom is -0.339 e. The second kappa shape index (κ2) is 7.13. The summed E-state index contributed by atoms with van der Waals surface area (Å²) in [6, 6.07) is 6.98. The van der Waals surface area contributed by atoms with Crippen LogP contribution in [0, 0.1) is 5.41 Å². The molecule has 1 aliphatic rings. The van der Waals surface area contributed by atoms with Crippen LogP contribution < -0.4 is 5.73 Å². The number of benzene rings is 1. The second-order valence-electron chi connectivity index (χ2n) is 6.55. The molecule has 1 atom stereocenters. The fourth-order valence-corrected chi connectivity index (χ4v) is 3.00. The summed E-state index contributed by atoms with van der Waals surface area (Å²) in [7, 11) is 0. The zero-order valence-corrected chi connectivity index (χ0v) is 14.3. The highest BCUT2D eigenvalue weighted by molar-refractivity contribution is 5.98. The van der Waals surface area contributed by atoms with Crippen LogP contribution in [0.2, 0.25) is 0 Å². The normalized spacial score (nSPS) is 20.6. The molecule has 2 N–H and O–H groups in total. The van der Waals surface area contributed by atoms with Gasteiger partial charge in [-0.25, -0.2) is 0 Å². The van der Waals surface area contributed by atoms with Crippen LogP contribution in [0.5, 0.6) is 0 Å². The Morgan fingerprint density at radius 2 is 1.74 bits per heavy atom. The van der Waals surface area contributed by atoms with Crippen LogP contribution >= 0.6 is 0 Å². The number of rotatable bonds is 5. The number of nitrogens with zero attached hydrogens (tertiary/aromatic N) is 2. The van der Waals surface area contributed by atoms with Crippen LogP contribution in [0.4, 0.5) is 0 Å². The third-order valence-electron chi connectivity index (χ3n) is 4.77. The molecule has 1 fully saturated rings. The number of carbonyl (C=O) groups excluding carboxylic acids is 2. The Labute approximate surface area is 138 Å². The van der Waals surface area contributed by atoms with E-state index in [9.17, 15) is 9.59 Å². The van der Waals surface area contributed by atoms with Crippen molar-refractivity contribution in [2.75, 3.05) is 32.7 Å².